The van der Waals surface area contributed by atoms with Crippen molar-refractivity contribution in [2.24, 2.45) is 0 Å². The molecular formula is C10H14BrN. The molecule has 0 aliphatic heterocycles. The summed E-state index contributed by atoms with van der Waals surface area (Å²) >= 11 is 3.49. The molecule has 0 spiro atoms. The van der Waals surface area contributed by atoms with Crippen molar-refractivity contribution in [3.8, 4) is 0 Å². The molecule has 1 heterocycles. The highest BCUT2D eigenvalue weighted by Gasteiger charge is 1.98. The van der Waals surface area contributed by atoms with Gasteiger partial charge in [0.15, 0.2) is 0 Å². The van der Waals surface area contributed by atoms with Gasteiger partial charge in [0.05, 0.1) is 5.69 Å². The summed E-state index contributed by atoms with van der Waals surface area (Å²) < 4.78 is 1.14. The maximum Gasteiger partial charge on any atom is 0.0545 e. The monoisotopic (exact) mass is 227 g/mol. The van der Waals surface area contributed by atoms with Gasteiger partial charge < -0.3 is 0 Å². The zero-order valence-corrected chi connectivity index (χ0v) is 8.97. The average Bonchev–Trinajstić information content (AvgIpc) is 2.09. The first-order valence-electron chi connectivity index (χ1n) is 4.44. The fourth-order valence-electron chi connectivity index (χ4n) is 1.14. The van der Waals surface area contributed by atoms with Crippen molar-refractivity contribution < 1.29 is 0 Å². The Morgan fingerprint density at radius 2 is 2.25 bits per heavy atom. The van der Waals surface area contributed by atoms with E-state index in [2.05, 4.69) is 27.8 Å². The van der Waals surface area contributed by atoms with Crippen LogP contribution >= 0.6 is 15.9 Å². The normalized spacial score (nSPS) is 10.2. The largest absolute Gasteiger partial charge is 0.260 e. The number of aryl methyl sites for hydroxylation is 1. The van der Waals surface area contributed by atoms with Crippen LogP contribution in [0.25, 0.3) is 0 Å². The van der Waals surface area contributed by atoms with Gasteiger partial charge in [-0.25, -0.2) is 0 Å². The van der Waals surface area contributed by atoms with E-state index in [1.54, 1.807) is 0 Å². The molecule has 12 heavy (non-hydrogen) atoms. The van der Waals surface area contributed by atoms with Gasteiger partial charge in [-0.3, -0.25) is 4.98 Å². The van der Waals surface area contributed by atoms with E-state index in [9.17, 15) is 0 Å². The number of rotatable bonds is 4. The standard InChI is InChI=1S/C10H14BrN/c1-2-3-4-7-10-9(11)6-5-8-12-10/h5-6,8H,2-4,7H2,1H3. The molecule has 0 N–H and O–H groups in total. The molecule has 0 saturated heterocycles. The van der Waals surface area contributed by atoms with Crippen molar-refractivity contribution in [3.63, 3.8) is 0 Å². The van der Waals surface area contributed by atoms with Crippen LogP contribution in [0.4, 0.5) is 0 Å². The summed E-state index contributed by atoms with van der Waals surface area (Å²) in [7, 11) is 0. The fraction of sp³-hybridized carbons (Fsp3) is 0.500. The Kier molecular flexibility index (Phi) is 4.30. The van der Waals surface area contributed by atoms with E-state index >= 15 is 0 Å². The molecule has 0 saturated carbocycles. The van der Waals surface area contributed by atoms with Gasteiger partial charge in [0.2, 0.25) is 0 Å². The lowest BCUT2D eigenvalue weighted by Gasteiger charge is -2.01. The van der Waals surface area contributed by atoms with Crippen molar-refractivity contribution in [2.75, 3.05) is 0 Å². The number of aromatic nitrogens is 1. The summed E-state index contributed by atoms with van der Waals surface area (Å²) in [6.07, 6.45) is 6.75. The highest BCUT2D eigenvalue weighted by atomic mass is 79.9. The van der Waals surface area contributed by atoms with E-state index in [-0.39, 0.29) is 0 Å². The van der Waals surface area contributed by atoms with Gasteiger partial charge in [0, 0.05) is 10.7 Å². The molecule has 2 heteroatoms. The van der Waals surface area contributed by atoms with Crippen LogP contribution in [0.2, 0.25) is 0 Å². The predicted octanol–water partition coefficient (Wildman–Crippen LogP) is 3.58. The molecule has 1 aromatic heterocycles. The molecule has 0 aliphatic carbocycles. The second-order valence-corrected chi connectivity index (χ2v) is 3.74. The highest BCUT2D eigenvalue weighted by Crippen LogP contribution is 2.15. The second-order valence-electron chi connectivity index (χ2n) is 2.89. The molecule has 0 aromatic carbocycles. The summed E-state index contributed by atoms with van der Waals surface area (Å²) in [5, 5.41) is 0. The molecule has 1 aromatic rings. The number of hydrogen-bond donors (Lipinski definition) is 0. The molecule has 0 atom stereocenters. The van der Waals surface area contributed by atoms with Crippen LogP contribution in [0, 0.1) is 0 Å². The third-order valence-corrected chi connectivity index (χ3v) is 2.57. The lowest BCUT2D eigenvalue weighted by atomic mass is 10.1. The smallest absolute Gasteiger partial charge is 0.0545 e. The molecule has 0 bridgehead atoms. The van der Waals surface area contributed by atoms with Gasteiger partial charge in [0.25, 0.3) is 0 Å². The first-order valence-corrected chi connectivity index (χ1v) is 5.23. The molecular weight excluding hydrogens is 214 g/mol. The van der Waals surface area contributed by atoms with E-state index < -0.39 is 0 Å². The molecule has 66 valence electrons. The molecule has 1 rings (SSSR count). The van der Waals surface area contributed by atoms with Gasteiger partial charge >= 0.3 is 0 Å². The highest BCUT2D eigenvalue weighted by molar-refractivity contribution is 9.10. The van der Waals surface area contributed by atoms with Gasteiger partial charge in [0.1, 0.15) is 0 Å². The summed E-state index contributed by atoms with van der Waals surface area (Å²) in [5.74, 6) is 0. The van der Waals surface area contributed by atoms with Crippen LogP contribution in [0.15, 0.2) is 22.8 Å². The minimum Gasteiger partial charge on any atom is -0.260 e. The Labute approximate surface area is 82.3 Å². The molecule has 0 amide bonds. The van der Waals surface area contributed by atoms with E-state index in [0.717, 1.165) is 10.9 Å². The fourth-order valence-corrected chi connectivity index (χ4v) is 1.60. The molecule has 0 radical (unpaired) electrons. The number of pyridine rings is 1. The van der Waals surface area contributed by atoms with E-state index in [4.69, 9.17) is 0 Å². The minimum absolute atomic E-state index is 1.09. The van der Waals surface area contributed by atoms with Crippen LogP contribution in [-0.2, 0) is 6.42 Å². The van der Waals surface area contributed by atoms with Crippen LogP contribution in [0.1, 0.15) is 31.9 Å². The number of unbranched alkanes of at least 4 members (excludes halogenated alkanes) is 2. The maximum absolute atomic E-state index is 4.30. The topological polar surface area (TPSA) is 12.9 Å². The first-order chi connectivity index (χ1) is 5.84. The van der Waals surface area contributed by atoms with Crippen molar-refractivity contribution in [2.45, 2.75) is 32.6 Å². The van der Waals surface area contributed by atoms with Crippen molar-refractivity contribution in [3.05, 3.63) is 28.5 Å². The Morgan fingerprint density at radius 1 is 1.42 bits per heavy atom. The number of hydrogen-bond acceptors (Lipinski definition) is 1. The van der Waals surface area contributed by atoms with Gasteiger partial charge in [-0.05, 0) is 40.9 Å². The Morgan fingerprint density at radius 3 is 2.92 bits per heavy atom. The summed E-state index contributed by atoms with van der Waals surface area (Å²) in [6, 6.07) is 4.00. The Bertz CT molecular complexity index is 235. The van der Waals surface area contributed by atoms with Gasteiger partial charge in [-0.15, -0.1) is 0 Å². The number of nitrogens with zero attached hydrogens (tertiary/aromatic N) is 1. The lowest BCUT2D eigenvalue weighted by molar-refractivity contribution is 0.705. The van der Waals surface area contributed by atoms with Crippen molar-refractivity contribution in [1.82, 2.24) is 4.98 Å². The minimum atomic E-state index is 1.09. The van der Waals surface area contributed by atoms with Crippen LogP contribution in [0.5, 0.6) is 0 Å². The van der Waals surface area contributed by atoms with Gasteiger partial charge in [-0.2, -0.15) is 0 Å². The molecule has 0 fully saturated rings. The summed E-state index contributed by atoms with van der Waals surface area (Å²) in [6.45, 7) is 2.22. The maximum atomic E-state index is 4.30. The van der Waals surface area contributed by atoms with E-state index in [1.807, 2.05) is 18.3 Å². The Hall–Kier alpha value is -0.370. The van der Waals surface area contributed by atoms with E-state index in [0.29, 0.717) is 0 Å². The predicted molar refractivity (Wildman–Crippen MR) is 55.2 cm³/mol. The van der Waals surface area contributed by atoms with Crippen LogP contribution in [-0.4, -0.2) is 4.98 Å². The number of halogens is 1. The van der Waals surface area contributed by atoms with E-state index in [1.165, 1.54) is 25.0 Å². The van der Waals surface area contributed by atoms with Gasteiger partial charge in [-0.1, -0.05) is 19.8 Å². The third-order valence-electron chi connectivity index (χ3n) is 1.85. The zero-order valence-electron chi connectivity index (χ0n) is 7.39. The zero-order chi connectivity index (χ0) is 8.81. The SMILES string of the molecule is CCCCCc1ncccc1Br. The molecule has 0 unspecified atom stereocenters. The quantitative estimate of drug-likeness (QED) is 0.718. The third kappa shape index (κ3) is 2.94. The molecule has 1 nitrogen and oxygen atoms in total. The van der Waals surface area contributed by atoms with Crippen molar-refractivity contribution >= 4 is 15.9 Å². The summed E-state index contributed by atoms with van der Waals surface area (Å²) in [4.78, 5) is 4.30. The summed E-state index contributed by atoms with van der Waals surface area (Å²) in [5.41, 5.74) is 1.19. The van der Waals surface area contributed by atoms with Crippen LogP contribution < -0.4 is 0 Å². The van der Waals surface area contributed by atoms with Crippen LogP contribution in [0.3, 0.4) is 0 Å². The first kappa shape index (κ1) is 9.72. The lowest BCUT2D eigenvalue weighted by Crippen LogP contribution is -1.90. The van der Waals surface area contributed by atoms with Crippen molar-refractivity contribution in [1.29, 1.82) is 0 Å². The molecule has 0 aliphatic rings. The Balaban J connectivity index is 2.46. The average molecular weight is 228 g/mol. The second kappa shape index (κ2) is 5.31.